The fraction of sp³-hybridized carbons (Fsp3) is 0.167. The molecule has 1 heterocycles. The number of likely N-dealkylation sites (N-methyl/N-ethyl adjacent to an activating group) is 2. The van der Waals surface area contributed by atoms with E-state index in [4.69, 9.17) is 0 Å². The molecule has 0 radical (unpaired) electrons. The number of amides is 1. The zero-order chi connectivity index (χ0) is 16.2. The molecule has 116 valence electrons. The van der Waals surface area contributed by atoms with Gasteiger partial charge in [-0.3, -0.25) is 9.78 Å². The standard InChI is InChI=1S/C18H18N4O/c1-19-12-18(23)22(2)14-7-5-6-13(10-14)17-11-20-15-8-3-4-9-16(15)21-17/h3-11,19H,12H2,1-2H3. The van der Waals surface area contributed by atoms with Gasteiger partial charge in [0, 0.05) is 18.3 Å². The lowest BCUT2D eigenvalue weighted by Crippen LogP contribution is -2.34. The molecule has 0 saturated carbocycles. The zero-order valence-electron chi connectivity index (χ0n) is 13.2. The number of aromatic nitrogens is 2. The van der Waals surface area contributed by atoms with E-state index in [1.54, 1.807) is 25.2 Å². The summed E-state index contributed by atoms with van der Waals surface area (Å²) in [6.07, 6.45) is 1.76. The van der Waals surface area contributed by atoms with Crippen LogP contribution in [0.15, 0.2) is 54.7 Å². The summed E-state index contributed by atoms with van der Waals surface area (Å²) in [6.45, 7) is 0.302. The van der Waals surface area contributed by atoms with Gasteiger partial charge in [0.25, 0.3) is 0 Å². The van der Waals surface area contributed by atoms with Gasteiger partial charge in [-0.05, 0) is 31.3 Å². The second-order valence-corrected chi connectivity index (χ2v) is 5.28. The first-order chi connectivity index (χ1) is 11.2. The third kappa shape index (κ3) is 3.19. The summed E-state index contributed by atoms with van der Waals surface area (Å²) in [6, 6.07) is 15.5. The van der Waals surface area contributed by atoms with Crippen molar-refractivity contribution in [2.75, 3.05) is 25.5 Å². The van der Waals surface area contributed by atoms with Crippen LogP contribution in [-0.4, -0.2) is 36.5 Å². The Labute approximate surface area is 135 Å². The number of carbonyl (C=O) groups is 1. The predicted molar refractivity (Wildman–Crippen MR) is 92.3 cm³/mol. The smallest absolute Gasteiger partial charge is 0.240 e. The SMILES string of the molecule is CNCC(=O)N(C)c1cccc(-c2cnc3ccccc3n2)c1. The normalized spacial score (nSPS) is 10.7. The average Bonchev–Trinajstić information content (AvgIpc) is 2.61. The van der Waals surface area contributed by atoms with Gasteiger partial charge in [-0.1, -0.05) is 24.3 Å². The van der Waals surface area contributed by atoms with Crippen LogP contribution in [0.2, 0.25) is 0 Å². The molecule has 0 fully saturated rings. The highest BCUT2D eigenvalue weighted by Gasteiger charge is 2.11. The average molecular weight is 306 g/mol. The minimum atomic E-state index is 0.00856. The van der Waals surface area contributed by atoms with Gasteiger partial charge >= 0.3 is 0 Å². The molecule has 23 heavy (non-hydrogen) atoms. The first-order valence-electron chi connectivity index (χ1n) is 7.42. The van der Waals surface area contributed by atoms with E-state index in [0.29, 0.717) is 6.54 Å². The Morgan fingerprint density at radius 3 is 2.70 bits per heavy atom. The Balaban J connectivity index is 1.96. The fourth-order valence-corrected chi connectivity index (χ4v) is 2.38. The summed E-state index contributed by atoms with van der Waals surface area (Å²) in [7, 11) is 3.53. The molecule has 2 aromatic carbocycles. The van der Waals surface area contributed by atoms with Gasteiger partial charge < -0.3 is 10.2 Å². The molecule has 1 N–H and O–H groups in total. The molecule has 1 aromatic heterocycles. The fourth-order valence-electron chi connectivity index (χ4n) is 2.38. The van der Waals surface area contributed by atoms with E-state index >= 15 is 0 Å². The van der Waals surface area contributed by atoms with Crippen molar-refractivity contribution in [2.24, 2.45) is 0 Å². The van der Waals surface area contributed by atoms with E-state index in [9.17, 15) is 4.79 Å². The van der Waals surface area contributed by atoms with Crippen LogP contribution in [0.5, 0.6) is 0 Å². The Bertz CT molecular complexity index is 847. The molecule has 0 aliphatic carbocycles. The number of hydrogen-bond donors (Lipinski definition) is 1. The number of nitrogens with one attached hydrogen (secondary N) is 1. The third-order valence-electron chi connectivity index (χ3n) is 3.68. The van der Waals surface area contributed by atoms with Crippen LogP contribution < -0.4 is 10.2 Å². The van der Waals surface area contributed by atoms with Crippen LogP contribution in [-0.2, 0) is 4.79 Å². The minimum Gasteiger partial charge on any atom is -0.314 e. The first-order valence-corrected chi connectivity index (χ1v) is 7.42. The van der Waals surface area contributed by atoms with Crippen molar-refractivity contribution in [1.29, 1.82) is 0 Å². The Morgan fingerprint density at radius 2 is 1.91 bits per heavy atom. The lowest BCUT2D eigenvalue weighted by atomic mass is 10.1. The molecule has 0 aliphatic rings. The summed E-state index contributed by atoms with van der Waals surface area (Å²) in [4.78, 5) is 22.7. The lowest BCUT2D eigenvalue weighted by Gasteiger charge is -2.18. The van der Waals surface area contributed by atoms with E-state index in [0.717, 1.165) is 28.0 Å². The lowest BCUT2D eigenvalue weighted by molar-refractivity contribution is -0.117. The molecule has 5 heteroatoms. The topological polar surface area (TPSA) is 58.1 Å². The molecular formula is C18H18N4O. The predicted octanol–water partition coefficient (Wildman–Crippen LogP) is 2.48. The molecule has 5 nitrogen and oxygen atoms in total. The van der Waals surface area contributed by atoms with Crippen LogP contribution in [0, 0.1) is 0 Å². The number of nitrogens with zero attached hydrogens (tertiary/aromatic N) is 3. The number of anilines is 1. The maximum atomic E-state index is 12.0. The zero-order valence-corrected chi connectivity index (χ0v) is 13.2. The summed E-state index contributed by atoms with van der Waals surface area (Å²) in [5, 5.41) is 2.87. The maximum Gasteiger partial charge on any atom is 0.240 e. The van der Waals surface area contributed by atoms with Crippen LogP contribution in [0.3, 0.4) is 0 Å². The molecule has 0 spiro atoms. The van der Waals surface area contributed by atoms with Crippen LogP contribution >= 0.6 is 0 Å². The summed E-state index contributed by atoms with van der Waals surface area (Å²) in [5.41, 5.74) is 4.28. The van der Waals surface area contributed by atoms with Gasteiger partial charge in [0.1, 0.15) is 0 Å². The van der Waals surface area contributed by atoms with Crippen molar-refractivity contribution in [1.82, 2.24) is 15.3 Å². The summed E-state index contributed by atoms with van der Waals surface area (Å²) >= 11 is 0. The number of rotatable bonds is 4. The minimum absolute atomic E-state index is 0.00856. The quantitative estimate of drug-likeness (QED) is 0.804. The van der Waals surface area contributed by atoms with E-state index in [-0.39, 0.29) is 5.91 Å². The molecule has 3 aromatic rings. The van der Waals surface area contributed by atoms with Crippen LogP contribution in [0.25, 0.3) is 22.3 Å². The monoisotopic (exact) mass is 306 g/mol. The van der Waals surface area contributed by atoms with E-state index in [1.165, 1.54) is 0 Å². The van der Waals surface area contributed by atoms with Crippen molar-refractivity contribution in [3.63, 3.8) is 0 Å². The second-order valence-electron chi connectivity index (χ2n) is 5.28. The molecular weight excluding hydrogens is 288 g/mol. The molecule has 1 amide bonds. The van der Waals surface area contributed by atoms with Crippen molar-refractivity contribution in [3.8, 4) is 11.3 Å². The van der Waals surface area contributed by atoms with Gasteiger partial charge in [0.15, 0.2) is 0 Å². The highest BCUT2D eigenvalue weighted by Crippen LogP contribution is 2.23. The molecule has 3 rings (SSSR count). The van der Waals surface area contributed by atoms with Gasteiger partial charge in [0.05, 0.1) is 29.5 Å². The Hall–Kier alpha value is -2.79. The maximum absolute atomic E-state index is 12.0. The van der Waals surface area contributed by atoms with Crippen molar-refractivity contribution in [3.05, 3.63) is 54.7 Å². The Kier molecular flexibility index (Phi) is 4.30. The van der Waals surface area contributed by atoms with Crippen molar-refractivity contribution >= 4 is 22.6 Å². The molecule has 0 atom stereocenters. The van der Waals surface area contributed by atoms with Gasteiger partial charge in [-0.2, -0.15) is 0 Å². The highest BCUT2D eigenvalue weighted by molar-refractivity contribution is 5.94. The number of para-hydroxylation sites is 2. The van der Waals surface area contributed by atoms with Crippen molar-refractivity contribution in [2.45, 2.75) is 0 Å². The third-order valence-corrected chi connectivity index (χ3v) is 3.68. The summed E-state index contributed by atoms with van der Waals surface area (Å²) in [5.74, 6) is 0.00856. The van der Waals surface area contributed by atoms with Crippen LogP contribution in [0.1, 0.15) is 0 Å². The summed E-state index contributed by atoms with van der Waals surface area (Å²) < 4.78 is 0. The largest absolute Gasteiger partial charge is 0.314 e. The highest BCUT2D eigenvalue weighted by atomic mass is 16.2. The molecule has 0 aliphatic heterocycles. The first kappa shape index (κ1) is 15.1. The molecule has 0 unspecified atom stereocenters. The number of fused-ring (bicyclic) bond motifs is 1. The number of benzene rings is 2. The second kappa shape index (κ2) is 6.54. The Morgan fingerprint density at radius 1 is 1.13 bits per heavy atom. The van der Waals surface area contributed by atoms with Crippen molar-refractivity contribution < 1.29 is 4.79 Å². The number of carbonyl (C=O) groups excluding carboxylic acids is 1. The molecule has 0 saturated heterocycles. The van der Waals surface area contributed by atoms with E-state index < -0.39 is 0 Å². The van der Waals surface area contributed by atoms with Gasteiger partial charge in [-0.25, -0.2) is 4.98 Å². The van der Waals surface area contributed by atoms with Crippen LogP contribution in [0.4, 0.5) is 5.69 Å². The molecule has 0 bridgehead atoms. The van der Waals surface area contributed by atoms with E-state index in [1.807, 2.05) is 48.5 Å². The van der Waals surface area contributed by atoms with Gasteiger partial charge in [0.2, 0.25) is 5.91 Å². The van der Waals surface area contributed by atoms with Gasteiger partial charge in [-0.15, -0.1) is 0 Å². The number of hydrogen-bond acceptors (Lipinski definition) is 4. The van der Waals surface area contributed by atoms with E-state index in [2.05, 4.69) is 15.3 Å².